The van der Waals surface area contributed by atoms with Crippen molar-refractivity contribution in [3.63, 3.8) is 0 Å². The monoisotopic (exact) mass is 883 g/mol. The molecule has 0 unspecified atom stereocenters. The number of allylic oxidation sites excluding steroid dienone is 1. The fourth-order valence-electron chi connectivity index (χ4n) is 8.40. The number of pyridine rings is 1. The summed E-state index contributed by atoms with van der Waals surface area (Å²) >= 11 is 8.13. The number of hydrogen-bond donors (Lipinski definition) is 3. The highest BCUT2D eigenvalue weighted by Crippen LogP contribution is 2.43. The molecule has 5 aromatic rings. The molecule has 0 saturated carbocycles. The minimum absolute atomic E-state index is 0.0274. The predicted molar refractivity (Wildman–Crippen MR) is 244 cm³/mol. The van der Waals surface area contributed by atoms with Crippen molar-refractivity contribution in [2.45, 2.75) is 50.8 Å². The summed E-state index contributed by atoms with van der Waals surface area (Å²) in [6.07, 6.45) is 8.52. The number of nitrogens with one attached hydrogen (secondary N) is 3. The average Bonchev–Trinajstić information content (AvgIpc) is 3.72. The Bertz CT molecular complexity index is 2570. The summed E-state index contributed by atoms with van der Waals surface area (Å²) in [5, 5.41) is 16.8. The van der Waals surface area contributed by atoms with Crippen molar-refractivity contribution in [3.8, 4) is 11.5 Å². The van der Waals surface area contributed by atoms with Gasteiger partial charge in [-0.25, -0.2) is 18.1 Å². The van der Waals surface area contributed by atoms with Crippen LogP contribution < -0.4 is 19.7 Å². The summed E-state index contributed by atoms with van der Waals surface area (Å²) in [7, 11) is -4.54. The second-order valence-electron chi connectivity index (χ2n) is 16.9. The smallest absolute Gasteiger partial charge is 0.293 e. The molecule has 2 aromatic heterocycles. The Morgan fingerprint density at radius 1 is 1.03 bits per heavy atom. The van der Waals surface area contributed by atoms with Gasteiger partial charge in [0.1, 0.15) is 22.8 Å². The van der Waals surface area contributed by atoms with Gasteiger partial charge in [0.15, 0.2) is 0 Å². The number of aromatic amines is 1. The molecule has 0 atom stereocenters. The number of nitro benzene ring substituents is 1. The molecule has 3 aliphatic rings. The van der Waals surface area contributed by atoms with Crippen LogP contribution in [-0.2, 0) is 10.0 Å². The Kier molecular flexibility index (Phi) is 12.6. The van der Waals surface area contributed by atoms with Crippen LogP contribution in [0, 0.1) is 21.4 Å². The Labute approximate surface area is 365 Å². The molecule has 13 nitrogen and oxygen atoms in total. The molecule has 2 fully saturated rings. The zero-order valence-electron chi connectivity index (χ0n) is 34.3. The molecule has 1 aliphatic carbocycles. The van der Waals surface area contributed by atoms with E-state index >= 15 is 0 Å². The maximum Gasteiger partial charge on any atom is 0.293 e. The van der Waals surface area contributed by atoms with Crippen LogP contribution in [0.4, 0.5) is 17.1 Å². The number of hydrogen-bond acceptors (Lipinski definition) is 11. The van der Waals surface area contributed by atoms with Gasteiger partial charge in [-0.3, -0.25) is 19.8 Å². The summed E-state index contributed by atoms with van der Waals surface area (Å²) in [5.74, 6) is 2.02. The second-order valence-corrected chi connectivity index (χ2v) is 20.2. The summed E-state index contributed by atoms with van der Waals surface area (Å²) in [5.41, 5.74) is 5.64. The van der Waals surface area contributed by atoms with Gasteiger partial charge in [-0.15, -0.1) is 0 Å². The molecule has 3 N–H and O–H groups in total. The van der Waals surface area contributed by atoms with Gasteiger partial charge >= 0.3 is 0 Å². The summed E-state index contributed by atoms with van der Waals surface area (Å²) in [6.45, 7) is 9.22. The number of aromatic nitrogens is 2. The first-order valence-corrected chi connectivity index (χ1v) is 23.7. The Balaban J connectivity index is 1.00. The minimum atomic E-state index is -4.54. The molecule has 4 heterocycles. The van der Waals surface area contributed by atoms with Gasteiger partial charge in [0.05, 0.1) is 21.6 Å². The molecule has 320 valence electrons. The molecular formula is C45H50ClN7O6S2. The third-order valence-corrected chi connectivity index (χ3v) is 14.6. The van der Waals surface area contributed by atoms with Gasteiger partial charge in [-0.1, -0.05) is 43.2 Å². The van der Waals surface area contributed by atoms with Crippen molar-refractivity contribution in [2.24, 2.45) is 11.3 Å². The fourth-order valence-corrected chi connectivity index (χ4v) is 10.7. The highest BCUT2D eigenvalue weighted by atomic mass is 35.5. The number of carbonyl (C=O) groups is 1. The zero-order valence-corrected chi connectivity index (χ0v) is 36.7. The number of H-pyrrole nitrogens is 1. The molecule has 0 radical (unpaired) electrons. The Morgan fingerprint density at radius 2 is 1.80 bits per heavy atom. The van der Waals surface area contributed by atoms with Crippen molar-refractivity contribution < 1.29 is 22.9 Å². The number of nitro groups is 1. The van der Waals surface area contributed by atoms with Crippen LogP contribution in [0.5, 0.6) is 11.5 Å². The highest BCUT2D eigenvalue weighted by Gasteiger charge is 2.31. The topological polar surface area (TPSA) is 163 Å². The average molecular weight is 885 g/mol. The molecule has 61 heavy (non-hydrogen) atoms. The van der Waals surface area contributed by atoms with E-state index in [0.717, 1.165) is 98.5 Å². The van der Waals surface area contributed by atoms with Gasteiger partial charge in [0.25, 0.3) is 21.6 Å². The van der Waals surface area contributed by atoms with Crippen LogP contribution >= 0.6 is 23.4 Å². The number of thioether (sulfide) groups is 1. The number of ether oxygens (including phenoxy) is 1. The number of carbonyl (C=O) groups excluding carboxylic acids is 1. The lowest BCUT2D eigenvalue weighted by Gasteiger charge is -2.39. The SMILES string of the molecule is CC1(C)CCC(CN2CCN(c3ccc(C(=O)NS(=O)(=O)c4ccc(NCC5CCSCC5)c([N+](=O)[O-])c4)c(Oc4cnc5[nH]ccc5c4)c3)CC2)=C(c2ccc(Cl)cc2)C1. The summed E-state index contributed by atoms with van der Waals surface area (Å²) in [6, 6.07) is 20.5. The number of benzene rings is 3. The molecular weight excluding hydrogens is 834 g/mol. The first-order chi connectivity index (χ1) is 29.3. The third-order valence-electron chi connectivity index (χ3n) is 12.0. The predicted octanol–water partition coefficient (Wildman–Crippen LogP) is 9.38. The summed E-state index contributed by atoms with van der Waals surface area (Å²) < 4.78 is 35.8. The number of halogens is 1. The first-order valence-electron chi connectivity index (χ1n) is 20.7. The maximum atomic E-state index is 13.9. The largest absolute Gasteiger partial charge is 0.455 e. The molecule has 3 aromatic carbocycles. The van der Waals surface area contributed by atoms with Crippen LogP contribution in [0.3, 0.4) is 0 Å². The second kappa shape index (κ2) is 18.1. The van der Waals surface area contributed by atoms with E-state index in [-0.39, 0.29) is 28.1 Å². The normalized spacial score (nSPS) is 17.7. The Hall–Kier alpha value is -5.09. The van der Waals surface area contributed by atoms with Gasteiger partial charge in [0.2, 0.25) is 0 Å². The van der Waals surface area contributed by atoms with Crippen LogP contribution in [0.1, 0.15) is 61.9 Å². The molecule has 2 aliphatic heterocycles. The van der Waals surface area contributed by atoms with E-state index in [4.69, 9.17) is 16.3 Å². The molecule has 2 saturated heterocycles. The molecule has 1 amide bonds. The maximum absolute atomic E-state index is 13.9. The van der Waals surface area contributed by atoms with Gasteiger partial charge < -0.3 is 19.9 Å². The standard InChI is InChI=1S/C45H50ClN7O6S2/c1-45(2)15-11-33(39(26-45)31-3-5-34(46)6-4-31)29-51-17-19-52(20-18-51)35-7-9-38(42(24-35)59-36-23-32-12-16-47-43(32)49-28-36)44(54)50-61(57,58)37-8-10-40(41(25-37)53(55)56)48-27-30-13-21-60-22-14-30/h3-10,12,16,23-25,28,30,48H,11,13-15,17-22,26-27,29H2,1-2H3,(H,47,49)(H,50,54). The molecule has 0 bridgehead atoms. The van der Waals surface area contributed by atoms with Gasteiger partial charge in [-0.2, -0.15) is 11.8 Å². The van der Waals surface area contributed by atoms with Crippen LogP contribution in [0.25, 0.3) is 16.6 Å². The Morgan fingerprint density at radius 3 is 2.56 bits per heavy atom. The van der Waals surface area contributed by atoms with Crippen molar-refractivity contribution >= 4 is 73.0 Å². The number of rotatable bonds is 13. The van der Waals surface area contributed by atoms with E-state index in [1.165, 1.54) is 35.0 Å². The van der Waals surface area contributed by atoms with Crippen LogP contribution in [-0.4, -0.2) is 84.9 Å². The number of piperazine rings is 1. The quantitative estimate of drug-likeness (QED) is 0.0763. The zero-order chi connectivity index (χ0) is 42.7. The number of anilines is 2. The highest BCUT2D eigenvalue weighted by molar-refractivity contribution is 7.99. The number of nitrogens with zero attached hydrogens (tertiary/aromatic N) is 4. The molecule has 16 heteroatoms. The van der Waals surface area contributed by atoms with Crippen LogP contribution in [0.15, 0.2) is 95.7 Å². The van der Waals surface area contributed by atoms with E-state index in [9.17, 15) is 23.3 Å². The van der Waals surface area contributed by atoms with Crippen LogP contribution in [0.2, 0.25) is 5.02 Å². The minimum Gasteiger partial charge on any atom is -0.455 e. The van der Waals surface area contributed by atoms with E-state index < -0.39 is 25.7 Å². The van der Waals surface area contributed by atoms with Gasteiger partial charge in [0, 0.05) is 73.7 Å². The lowest BCUT2D eigenvalue weighted by atomic mass is 9.72. The summed E-state index contributed by atoms with van der Waals surface area (Å²) in [4.78, 5) is 37.2. The third kappa shape index (κ3) is 10.2. The number of amides is 1. The van der Waals surface area contributed by atoms with Crippen molar-refractivity contribution in [1.29, 1.82) is 0 Å². The van der Waals surface area contributed by atoms with Crippen molar-refractivity contribution in [1.82, 2.24) is 19.6 Å². The van der Waals surface area contributed by atoms with E-state index in [2.05, 4.69) is 55.8 Å². The fraction of sp³-hybridized carbons (Fsp3) is 0.378. The first kappa shape index (κ1) is 42.6. The lowest BCUT2D eigenvalue weighted by Crippen LogP contribution is -2.47. The van der Waals surface area contributed by atoms with Crippen molar-refractivity contribution in [2.75, 3.05) is 61.0 Å². The van der Waals surface area contributed by atoms with Gasteiger partial charge in [-0.05, 0) is 115 Å². The lowest BCUT2D eigenvalue weighted by molar-refractivity contribution is -0.384. The van der Waals surface area contributed by atoms with Crippen molar-refractivity contribution in [3.05, 3.63) is 117 Å². The molecule has 0 spiro atoms. The van der Waals surface area contributed by atoms with E-state index in [1.54, 1.807) is 30.5 Å². The molecule has 8 rings (SSSR count). The van der Waals surface area contributed by atoms with E-state index in [1.807, 2.05) is 30.0 Å². The number of fused-ring (bicyclic) bond motifs is 1. The number of sulfonamides is 1. The van der Waals surface area contributed by atoms with E-state index in [0.29, 0.717) is 23.9 Å².